The van der Waals surface area contributed by atoms with Gasteiger partial charge in [0.2, 0.25) is 0 Å². The molecule has 0 spiro atoms. The van der Waals surface area contributed by atoms with Crippen molar-refractivity contribution in [3.63, 3.8) is 0 Å². The summed E-state index contributed by atoms with van der Waals surface area (Å²) in [6.07, 6.45) is 3.58. The average Bonchev–Trinajstić information content (AvgIpc) is 2.75. The van der Waals surface area contributed by atoms with E-state index < -0.39 is 0 Å². The van der Waals surface area contributed by atoms with Crippen LogP contribution in [0.25, 0.3) is 0 Å². The number of rotatable bonds is 4. The van der Waals surface area contributed by atoms with E-state index in [1.807, 2.05) is 6.07 Å². The summed E-state index contributed by atoms with van der Waals surface area (Å²) in [5.41, 5.74) is 0. The van der Waals surface area contributed by atoms with E-state index in [4.69, 9.17) is 4.74 Å². The van der Waals surface area contributed by atoms with Gasteiger partial charge in [-0.1, -0.05) is 6.07 Å². The lowest BCUT2D eigenvalue weighted by molar-refractivity contribution is 0.312. The van der Waals surface area contributed by atoms with Crippen LogP contribution in [0.3, 0.4) is 0 Å². The van der Waals surface area contributed by atoms with E-state index in [2.05, 4.69) is 26.4 Å². The normalized spacial score (nSPS) is 10.2. The second-order valence-electron chi connectivity index (χ2n) is 2.36. The summed E-state index contributed by atoms with van der Waals surface area (Å²) < 4.78 is 12.9. The number of thiophene rings is 1. The number of aromatic nitrogens is 2. The van der Waals surface area contributed by atoms with Crippen molar-refractivity contribution in [1.29, 1.82) is 0 Å². The number of hydrogen-bond donors (Lipinski definition) is 0. The number of ether oxygens (including phenoxy) is 1. The van der Waals surface area contributed by atoms with Crippen molar-refractivity contribution in [1.82, 2.24) is 8.75 Å². The van der Waals surface area contributed by atoms with Crippen LogP contribution in [-0.4, -0.2) is 15.4 Å². The third kappa shape index (κ3) is 2.50. The molecule has 0 saturated heterocycles. The lowest BCUT2D eigenvalue weighted by atomic mass is 10.4. The van der Waals surface area contributed by atoms with Crippen LogP contribution < -0.4 is 4.74 Å². The van der Waals surface area contributed by atoms with Gasteiger partial charge >= 0.3 is 0 Å². The smallest absolute Gasteiger partial charge is 0.255 e. The van der Waals surface area contributed by atoms with Crippen LogP contribution in [0.1, 0.15) is 4.88 Å². The molecule has 0 saturated carbocycles. The second kappa shape index (κ2) is 4.34. The molecule has 0 atom stereocenters. The molecule has 2 aromatic rings. The average molecular weight is 211 g/mol. The number of nitrogens with zero attached hydrogens (tertiary/aromatic N) is 2. The van der Waals surface area contributed by atoms with E-state index >= 15 is 0 Å². The number of hydrogen-bond acceptors (Lipinski definition) is 5. The maximum absolute atomic E-state index is 5.31. The molecule has 67 valence electrons. The minimum Gasteiger partial charge on any atom is -0.475 e. The molecule has 2 heterocycles. The molecule has 1 radical (unpaired) electrons. The molecule has 2 aromatic heterocycles. The van der Waals surface area contributed by atoms with Crippen molar-refractivity contribution in [3.8, 4) is 5.88 Å². The molecule has 0 N–H and O–H groups in total. The van der Waals surface area contributed by atoms with E-state index in [1.165, 1.54) is 4.88 Å². The first kappa shape index (κ1) is 8.65. The zero-order valence-corrected chi connectivity index (χ0v) is 8.40. The lowest BCUT2D eigenvalue weighted by Gasteiger charge is -1.98. The van der Waals surface area contributed by atoms with Gasteiger partial charge in [0.15, 0.2) is 6.20 Å². The van der Waals surface area contributed by atoms with Crippen LogP contribution in [0.4, 0.5) is 0 Å². The summed E-state index contributed by atoms with van der Waals surface area (Å²) in [7, 11) is 0. The van der Waals surface area contributed by atoms with E-state index in [1.54, 1.807) is 11.3 Å². The Bertz CT molecular complexity index is 297. The quantitative estimate of drug-likeness (QED) is 0.776. The standard InChI is InChI=1S/C8H7N2OS2/c1-2-7(12-5-1)3-4-11-8-6-9-13-10-8/h1-2,5H,3-4H2. The van der Waals surface area contributed by atoms with Gasteiger partial charge in [0, 0.05) is 11.3 Å². The summed E-state index contributed by atoms with van der Waals surface area (Å²) >= 11 is 2.85. The first-order valence-corrected chi connectivity index (χ1v) is 5.41. The van der Waals surface area contributed by atoms with Crippen molar-refractivity contribution < 1.29 is 4.74 Å². The van der Waals surface area contributed by atoms with Gasteiger partial charge in [-0.15, -0.1) is 15.7 Å². The fraction of sp³-hybridized carbons (Fsp3) is 0.250. The highest BCUT2D eigenvalue weighted by molar-refractivity contribution is 7.09. The predicted molar refractivity (Wildman–Crippen MR) is 52.3 cm³/mol. The Morgan fingerprint density at radius 1 is 1.54 bits per heavy atom. The van der Waals surface area contributed by atoms with Crippen molar-refractivity contribution in [2.24, 2.45) is 0 Å². The first-order valence-electron chi connectivity index (χ1n) is 3.80. The van der Waals surface area contributed by atoms with Crippen LogP contribution in [-0.2, 0) is 6.42 Å². The van der Waals surface area contributed by atoms with Crippen LogP contribution in [0, 0.1) is 6.20 Å². The van der Waals surface area contributed by atoms with Crippen LogP contribution in [0.2, 0.25) is 0 Å². The Balaban J connectivity index is 1.76. The molecule has 0 aliphatic carbocycles. The van der Waals surface area contributed by atoms with E-state index in [-0.39, 0.29) is 0 Å². The first-order chi connectivity index (χ1) is 6.45. The summed E-state index contributed by atoms with van der Waals surface area (Å²) in [6, 6.07) is 4.13. The van der Waals surface area contributed by atoms with Gasteiger partial charge < -0.3 is 4.74 Å². The van der Waals surface area contributed by atoms with Gasteiger partial charge in [-0.25, -0.2) is 0 Å². The van der Waals surface area contributed by atoms with Crippen LogP contribution in [0.15, 0.2) is 17.5 Å². The Hall–Kier alpha value is -0.940. The van der Waals surface area contributed by atoms with Gasteiger partial charge in [-0.2, -0.15) is 4.37 Å². The highest BCUT2D eigenvalue weighted by Crippen LogP contribution is 2.10. The SMILES string of the molecule is [c]1nsnc1OCCc1cccs1. The summed E-state index contributed by atoms with van der Waals surface area (Å²) in [5.74, 6) is 0.501. The van der Waals surface area contributed by atoms with Gasteiger partial charge in [-0.05, 0) is 11.4 Å². The lowest BCUT2D eigenvalue weighted by Crippen LogP contribution is -1.99. The van der Waals surface area contributed by atoms with Crippen LogP contribution >= 0.6 is 23.1 Å². The summed E-state index contributed by atoms with van der Waals surface area (Å²) in [5, 5.41) is 2.06. The molecular formula is C8H7N2OS2. The Labute approximate surface area is 84.3 Å². The molecule has 2 rings (SSSR count). The van der Waals surface area contributed by atoms with Crippen molar-refractivity contribution >= 4 is 23.1 Å². The minimum absolute atomic E-state index is 0.501. The Morgan fingerprint density at radius 2 is 2.54 bits per heavy atom. The van der Waals surface area contributed by atoms with Gasteiger partial charge in [0.25, 0.3) is 5.88 Å². The molecule has 5 heteroatoms. The van der Waals surface area contributed by atoms with E-state index in [0.717, 1.165) is 18.1 Å². The van der Waals surface area contributed by atoms with Crippen molar-refractivity contribution in [2.45, 2.75) is 6.42 Å². The zero-order chi connectivity index (χ0) is 8.93. The van der Waals surface area contributed by atoms with Gasteiger partial charge in [0.1, 0.15) is 0 Å². The Kier molecular flexibility index (Phi) is 2.89. The fourth-order valence-corrected chi connectivity index (χ4v) is 1.92. The van der Waals surface area contributed by atoms with E-state index in [9.17, 15) is 0 Å². The molecule has 0 aliphatic rings. The maximum Gasteiger partial charge on any atom is 0.255 e. The molecule has 0 aromatic carbocycles. The van der Waals surface area contributed by atoms with Crippen LogP contribution in [0.5, 0.6) is 5.88 Å². The maximum atomic E-state index is 5.31. The fourth-order valence-electron chi connectivity index (χ4n) is 0.899. The molecule has 0 amide bonds. The zero-order valence-electron chi connectivity index (χ0n) is 6.77. The second-order valence-corrected chi connectivity index (χ2v) is 3.92. The molecule has 0 aliphatic heterocycles. The summed E-state index contributed by atoms with van der Waals surface area (Å²) in [6.45, 7) is 0.641. The third-order valence-corrected chi connectivity index (χ3v) is 2.83. The van der Waals surface area contributed by atoms with Crippen molar-refractivity contribution in [2.75, 3.05) is 6.61 Å². The third-order valence-electron chi connectivity index (χ3n) is 1.47. The summed E-state index contributed by atoms with van der Waals surface area (Å²) in [4.78, 5) is 1.32. The monoisotopic (exact) mass is 211 g/mol. The van der Waals surface area contributed by atoms with Gasteiger partial charge in [0.05, 0.1) is 18.3 Å². The Morgan fingerprint density at radius 3 is 3.23 bits per heavy atom. The molecule has 0 bridgehead atoms. The van der Waals surface area contributed by atoms with E-state index in [0.29, 0.717) is 12.5 Å². The predicted octanol–water partition coefficient (Wildman–Crippen LogP) is 2.02. The highest BCUT2D eigenvalue weighted by Gasteiger charge is 1.98. The molecule has 13 heavy (non-hydrogen) atoms. The minimum atomic E-state index is 0.501. The largest absolute Gasteiger partial charge is 0.475 e. The topological polar surface area (TPSA) is 35.0 Å². The van der Waals surface area contributed by atoms with Crippen molar-refractivity contribution in [3.05, 3.63) is 28.6 Å². The highest BCUT2D eigenvalue weighted by atomic mass is 32.1. The molecular weight excluding hydrogens is 204 g/mol. The molecule has 3 nitrogen and oxygen atoms in total. The van der Waals surface area contributed by atoms with Gasteiger partial charge in [-0.3, -0.25) is 0 Å². The molecule has 0 unspecified atom stereocenters. The molecule has 0 fully saturated rings.